The predicted octanol–water partition coefficient (Wildman–Crippen LogP) is 2.40. The van der Waals surface area contributed by atoms with Gasteiger partial charge >= 0.3 is 6.18 Å². The number of nitrogens with two attached hydrogens (primary N) is 1. The fourth-order valence-corrected chi connectivity index (χ4v) is 2.38. The standard InChI is InChI=1S/C14H17F3N2O2/c15-14(16,17)10-3-1-2-4-11(10)19-12(20)13(9-18)5-7-21-8-6-13/h1-4H,5-9,18H2,(H,19,20). The van der Waals surface area contributed by atoms with Gasteiger partial charge in [0.2, 0.25) is 5.91 Å². The van der Waals surface area contributed by atoms with Crippen molar-refractivity contribution in [1.82, 2.24) is 0 Å². The van der Waals surface area contributed by atoms with Crippen LogP contribution in [0.4, 0.5) is 18.9 Å². The molecule has 3 N–H and O–H groups in total. The smallest absolute Gasteiger partial charge is 0.381 e. The molecule has 116 valence electrons. The maximum atomic E-state index is 12.9. The van der Waals surface area contributed by atoms with E-state index in [0.717, 1.165) is 6.07 Å². The van der Waals surface area contributed by atoms with E-state index in [1.54, 1.807) is 0 Å². The van der Waals surface area contributed by atoms with E-state index < -0.39 is 23.1 Å². The molecule has 0 atom stereocenters. The molecular weight excluding hydrogens is 285 g/mol. The second-order valence-electron chi connectivity index (χ2n) is 5.09. The van der Waals surface area contributed by atoms with Gasteiger partial charge in [-0.25, -0.2) is 0 Å². The summed E-state index contributed by atoms with van der Waals surface area (Å²) in [5.74, 6) is -0.481. The van der Waals surface area contributed by atoms with Crippen molar-refractivity contribution < 1.29 is 22.7 Å². The molecule has 1 fully saturated rings. The van der Waals surface area contributed by atoms with Crippen molar-refractivity contribution in [2.75, 3.05) is 25.1 Å². The molecule has 1 saturated heterocycles. The summed E-state index contributed by atoms with van der Waals surface area (Å²) in [6.45, 7) is 0.841. The Morgan fingerprint density at radius 1 is 1.29 bits per heavy atom. The number of alkyl halides is 3. The first-order chi connectivity index (χ1) is 9.89. The van der Waals surface area contributed by atoms with Gasteiger partial charge in [-0.15, -0.1) is 0 Å². The van der Waals surface area contributed by atoms with E-state index in [-0.39, 0.29) is 12.2 Å². The van der Waals surface area contributed by atoms with Gasteiger partial charge in [0.15, 0.2) is 0 Å². The van der Waals surface area contributed by atoms with Gasteiger partial charge in [0, 0.05) is 19.8 Å². The van der Waals surface area contributed by atoms with Crippen LogP contribution in [0.25, 0.3) is 0 Å². The summed E-state index contributed by atoms with van der Waals surface area (Å²) in [5, 5.41) is 2.38. The van der Waals surface area contributed by atoms with Crippen LogP contribution in [0, 0.1) is 5.41 Å². The number of rotatable bonds is 3. The van der Waals surface area contributed by atoms with E-state index in [0.29, 0.717) is 26.1 Å². The summed E-state index contributed by atoms with van der Waals surface area (Å²) in [6, 6.07) is 4.91. The lowest BCUT2D eigenvalue weighted by atomic mass is 9.79. The van der Waals surface area contributed by atoms with Gasteiger partial charge in [0.25, 0.3) is 0 Å². The Labute approximate surface area is 120 Å². The third-order valence-electron chi connectivity index (χ3n) is 3.80. The third kappa shape index (κ3) is 3.36. The average Bonchev–Trinajstić information content (AvgIpc) is 2.47. The fraction of sp³-hybridized carbons (Fsp3) is 0.500. The summed E-state index contributed by atoms with van der Waals surface area (Å²) in [6.07, 6.45) is -3.71. The number of anilines is 1. The van der Waals surface area contributed by atoms with E-state index >= 15 is 0 Å². The van der Waals surface area contributed by atoms with Crippen molar-refractivity contribution in [3.63, 3.8) is 0 Å². The molecule has 1 aliphatic heterocycles. The normalized spacial score (nSPS) is 18.3. The van der Waals surface area contributed by atoms with Crippen LogP contribution in [0.5, 0.6) is 0 Å². The molecule has 0 spiro atoms. The fourth-order valence-electron chi connectivity index (χ4n) is 2.38. The maximum Gasteiger partial charge on any atom is 0.418 e. The van der Waals surface area contributed by atoms with Crippen LogP contribution >= 0.6 is 0 Å². The van der Waals surface area contributed by atoms with Gasteiger partial charge in [-0.3, -0.25) is 4.79 Å². The largest absolute Gasteiger partial charge is 0.418 e. The number of hydrogen-bond acceptors (Lipinski definition) is 3. The number of para-hydroxylation sites is 1. The number of hydrogen-bond donors (Lipinski definition) is 2. The molecule has 0 aromatic heterocycles. The van der Waals surface area contributed by atoms with Crippen molar-refractivity contribution >= 4 is 11.6 Å². The lowest BCUT2D eigenvalue weighted by Crippen LogP contribution is -2.46. The molecule has 21 heavy (non-hydrogen) atoms. The van der Waals surface area contributed by atoms with Crippen molar-refractivity contribution in [3.8, 4) is 0 Å². The van der Waals surface area contributed by atoms with Crippen LogP contribution in [0.15, 0.2) is 24.3 Å². The van der Waals surface area contributed by atoms with Gasteiger partial charge in [-0.2, -0.15) is 13.2 Å². The number of carbonyl (C=O) groups excluding carboxylic acids is 1. The topological polar surface area (TPSA) is 64.4 Å². The van der Waals surface area contributed by atoms with Crippen LogP contribution < -0.4 is 11.1 Å². The predicted molar refractivity (Wildman–Crippen MR) is 71.6 cm³/mol. The minimum Gasteiger partial charge on any atom is -0.381 e. The molecule has 1 aliphatic rings. The molecule has 4 nitrogen and oxygen atoms in total. The molecule has 0 bridgehead atoms. The first kappa shape index (κ1) is 15.8. The highest BCUT2D eigenvalue weighted by molar-refractivity contribution is 5.96. The van der Waals surface area contributed by atoms with Crippen molar-refractivity contribution in [2.45, 2.75) is 19.0 Å². The second kappa shape index (κ2) is 6.03. The van der Waals surface area contributed by atoms with E-state index in [1.807, 2.05) is 0 Å². The van der Waals surface area contributed by atoms with Gasteiger partial charge in [0.1, 0.15) is 0 Å². The Hall–Kier alpha value is -1.60. The Balaban J connectivity index is 2.23. The number of benzene rings is 1. The van der Waals surface area contributed by atoms with Crippen LogP contribution in [0.3, 0.4) is 0 Å². The molecular formula is C14H17F3N2O2. The van der Waals surface area contributed by atoms with Crippen LogP contribution in [-0.4, -0.2) is 25.7 Å². The quantitative estimate of drug-likeness (QED) is 0.901. The number of carbonyl (C=O) groups is 1. The van der Waals surface area contributed by atoms with Crippen molar-refractivity contribution in [2.24, 2.45) is 11.1 Å². The van der Waals surface area contributed by atoms with Crippen LogP contribution in [0.1, 0.15) is 18.4 Å². The Morgan fingerprint density at radius 2 is 1.90 bits per heavy atom. The highest BCUT2D eigenvalue weighted by Gasteiger charge is 2.40. The molecule has 0 saturated carbocycles. The molecule has 0 unspecified atom stereocenters. The number of amides is 1. The third-order valence-corrected chi connectivity index (χ3v) is 3.80. The van der Waals surface area contributed by atoms with Gasteiger partial charge < -0.3 is 15.8 Å². The van der Waals surface area contributed by atoms with E-state index in [1.165, 1.54) is 18.2 Å². The average molecular weight is 302 g/mol. The van der Waals surface area contributed by atoms with Crippen molar-refractivity contribution in [3.05, 3.63) is 29.8 Å². The number of ether oxygens (including phenoxy) is 1. The van der Waals surface area contributed by atoms with Gasteiger partial charge in [0.05, 0.1) is 16.7 Å². The minimum absolute atomic E-state index is 0.0797. The first-order valence-electron chi connectivity index (χ1n) is 6.64. The zero-order valence-electron chi connectivity index (χ0n) is 11.4. The summed E-state index contributed by atoms with van der Waals surface area (Å²) >= 11 is 0. The summed E-state index contributed by atoms with van der Waals surface area (Å²) in [7, 11) is 0. The van der Waals surface area contributed by atoms with Gasteiger partial charge in [-0.1, -0.05) is 12.1 Å². The molecule has 1 aromatic carbocycles. The Bertz CT molecular complexity index is 511. The maximum absolute atomic E-state index is 12.9. The molecule has 7 heteroatoms. The van der Waals surface area contributed by atoms with Crippen LogP contribution in [0.2, 0.25) is 0 Å². The SMILES string of the molecule is NCC1(C(=O)Nc2ccccc2C(F)(F)F)CCOCC1. The monoisotopic (exact) mass is 302 g/mol. The zero-order chi connectivity index (χ0) is 15.5. The Morgan fingerprint density at radius 3 is 2.48 bits per heavy atom. The van der Waals surface area contributed by atoms with Gasteiger partial charge in [-0.05, 0) is 25.0 Å². The highest BCUT2D eigenvalue weighted by atomic mass is 19.4. The molecule has 1 amide bonds. The first-order valence-corrected chi connectivity index (χ1v) is 6.64. The molecule has 1 aromatic rings. The molecule has 0 radical (unpaired) electrons. The van der Waals surface area contributed by atoms with Crippen LogP contribution in [-0.2, 0) is 15.7 Å². The minimum atomic E-state index is -4.52. The molecule has 2 rings (SSSR count). The lowest BCUT2D eigenvalue weighted by molar-refractivity contribution is -0.137. The summed E-state index contributed by atoms with van der Waals surface area (Å²) < 4.78 is 44.0. The zero-order valence-corrected chi connectivity index (χ0v) is 11.4. The molecule has 1 heterocycles. The number of nitrogens with one attached hydrogen (secondary N) is 1. The summed E-state index contributed by atoms with van der Waals surface area (Å²) in [4.78, 5) is 12.4. The van der Waals surface area contributed by atoms with E-state index in [4.69, 9.17) is 10.5 Å². The molecule has 0 aliphatic carbocycles. The second-order valence-corrected chi connectivity index (χ2v) is 5.09. The van der Waals surface area contributed by atoms with E-state index in [9.17, 15) is 18.0 Å². The van der Waals surface area contributed by atoms with E-state index in [2.05, 4.69) is 5.32 Å². The highest BCUT2D eigenvalue weighted by Crippen LogP contribution is 2.36. The lowest BCUT2D eigenvalue weighted by Gasteiger charge is -2.34. The van der Waals surface area contributed by atoms with Crippen molar-refractivity contribution in [1.29, 1.82) is 0 Å². The summed E-state index contributed by atoms with van der Waals surface area (Å²) in [5.41, 5.74) is 3.71. The Kier molecular flexibility index (Phi) is 4.53. The number of halogens is 3.